The van der Waals surface area contributed by atoms with Crippen LogP contribution in [0.1, 0.15) is 51.4 Å². The van der Waals surface area contributed by atoms with Crippen LogP contribution in [-0.2, 0) is 10.0 Å². The summed E-state index contributed by atoms with van der Waals surface area (Å²) in [5.74, 6) is 0. The number of hydrogen-bond donors (Lipinski definition) is 2. The maximum Gasteiger partial charge on any atom is 0.214 e. The lowest BCUT2D eigenvalue weighted by atomic mass is 10.0. The molecule has 0 heterocycles. The minimum Gasteiger partial charge on any atom is -0.330 e. The van der Waals surface area contributed by atoms with Gasteiger partial charge in [0.05, 0.1) is 5.25 Å². The van der Waals surface area contributed by atoms with Crippen LogP contribution in [0.15, 0.2) is 0 Å². The van der Waals surface area contributed by atoms with Gasteiger partial charge in [-0.15, -0.1) is 0 Å². The topological polar surface area (TPSA) is 72.2 Å². The molecule has 3 N–H and O–H groups in total. The molecule has 2 saturated carbocycles. The highest BCUT2D eigenvalue weighted by Gasteiger charge is 2.42. The van der Waals surface area contributed by atoms with Crippen LogP contribution in [0.25, 0.3) is 0 Å². The molecule has 2 aliphatic carbocycles. The van der Waals surface area contributed by atoms with Crippen molar-refractivity contribution in [3.8, 4) is 0 Å². The van der Waals surface area contributed by atoms with Crippen LogP contribution in [0.4, 0.5) is 0 Å². The molecule has 100 valence electrons. The molecule has 0 aromatic carbocycles. The summed E-state index contributed by atoms with van der Waals surface area (Å²) in [6, 6.07) is 0. The van der Waals surface area contributed by atoms with Gasteiger partial charge in [0.25, 0.3) is 0 Å². The van der Waals surface area contributed by atoms with E-state index in [9.17, 15) is 8.42 Å². The van der Waals surface area contributed by atoms with Gasteiger partial charge < -0.3 is 5.73 Å². The fraction of sp³-hybridized carbons (Fsp3) is 1.00. The van der Waals surface area contributed by atoms with E-state index in [-0.39, 0.29) is 10.7 Å². The fourth-order valence-corrected chi connectivity index (χ4v) is 4.44. The quantitative estimate of drug-likeness (QED) is 0.757. The Morgan fingerprint density at radius 3 is 2.35 bits per heavy atom. The summed E-state index contributed by atoms with van der Waals surface area (Å²) in [5, 5.41) is -0.148. The third kappa shape index (κ3) is 3.42. The van der Waals surface area contributed by atoms with Crippen molar-refractivity contribution >= 4 is 10.0 Å². The highest BCUT2D eigenvalue weighted by molar-refractivity contribution is 7.90. The molecule has 4 nitrogen and oxygen atoms in total. The Kier molecular flexibility index (Phi) is 4.10. The molecule has 0 aromatic heterocycles. The molecule has 5 heteroatoms. The van der Waals surface area contributed by atoms with Crippen LogP contribution in [0.3, 0.4) is 0 Å². The van der Waals surface area contributed by atoms with Crippen LogP contribution in [0, 0.1) is 5.41 Å². The zero-order valence-corrected chi connectivity index (χ0v) is 11.3. The average molecular weight is 260 g/mol. The zero-order valence-electron chi connectivity index (χ0n) is 10.5. The molecule has 0 aliphatic heterocycles. The van der Waals surface area contributed by atoms with Crippen LogP contribution in [-0.4, -0.2) is 26.8 Å². The number of rotatable bonds is 6. The van der Waals surface area contributed by atoms with Crippen molar-refractivity contribution in [2.24, 2.45) is 11.1 Å². The molecule has 17 heavy (non-hydrogen) atoms. The minimum absolute atomic E-state index is 0.148. The molecule has 0 aromatic rings. The van der Waals surface area contributed by atoms with E-state index in [4.69, 9.17) is 5.73 Å². The summed E-state index contributed by atoms with van der Waals surface area (Å²) in [5.41, 5.74) is 5.75. The van der Waals surface area contributed by atoms with E-state index in [2.05, 4.69) is 4.72 Å². The van der Waals surface area contributed by atoms with Crippen molar-refractivity contribution in [3.05, 3.63) is 0 Å². The van der Waals surface area contributed by atoms with Crippen LogP contribution in [0.2, 0.25) is 0 Å². The number of hydrogen-bond acceptors (Lipinski definition) is 3. The molecule has 0 radical (unpaired) electrons. The smallest absolute Gasteiger partial charge is 0.214 e. The van der Waals surface area contributed by atoms with Gasteiger partial charge in [-0.3, -0.25) is 0 Å². The Bertz CT molecular complexity index is 344. The van der Waals surface area contributed by atoms with E-state index in [1.54, 1.807) is 0 Å². The second-order valence-corrected chi connectivity index (χ2v) is 7.71. The third-order valence-corrected chi connectivity index (χ3v) is 6.17. The van der Waals surface area contributed by atoms with Crippen LogP contribution < -0.4 is 10.5 Å². The zero-order chi connectivity index (χ0) is 12.4. The first-order chi connectivity index (χ1) is 8.08. The molecule has 2 aliphatic rings. The molecule has 0 unspecified atom stereocenters. The van der Waals surface area contributed by atoms with Gasteiger partial charge in [0.2, 0.25) is 10.0 Å². The Morgan fingerprint density at radius 2 is 1.82 bits per heavy atom. The number of nitrogens with two attached hydrogens (primary N) is 1. The summed E-state index contributed by atoms with van der Waals surface area (Å²) < 4.78 is 27.1. The summed E-state index contributed by atoms with van der Waals surface area (Å²) in [4.78, 5) is 0. The highest BCUT2D eigenvalue weighted by Crippen LogP contribution is 2.48. The molecule has 0 bridgehead atoms. The lowest BCUT2D eigenvalue weighted by Crippen LogP contribution is -2.39. The van der Waals surface area contributed by atoms with Crippen molar-refractivity contribution in [2.75, 3.05) is 13.1 Å². The molecule has 2 rings (SSSR count). The molecule has 2 fully saturated rings. The van der Waals surface area contributed by atoms with E-state index < -0.39 is 10.0 Å². The Labute approximate surface area is 104 Å². The van der Waals surface area contributed by atoms with Gasteiger partial charge in [0.1, 0.15) is 0 Å². The third-order valence-electron chi connectivity index (χ3n) is 4.27. The molecular weight excluding hydrogens is 236 g/mol. The van der Waals surface area contributed by atoms with Crippen molar-refractivity contribution in [1.29, 1.82) is 0 Å². The van der Waals surface area contributed by atoms with E-state index in [1.165, 1.54) is 6.42 Å². The second kappa shape index (κ2) is 5.24. The first-order valence-electron chi connectivity index (χ1n) is 6.77. The van der Waals surface area contributed by atoms with Gasteiger partial charge in [-0.2, -0.15) is 0 Å². The van der Waals surface area contributed by atoms with Gasteiger partial charge in [0, 0.05) is 6.54 Å². The van der Waals surface area contributed by atoms with Crippen molar-refractivity contribution < 1.29 is 8.42 Å². The van der Waals surface area contributed by atoms with Crippen molar-refractivity contribution in [3.63, 3.8) is 0 Å². The van der Waals surface area contributed by atoms with Gasteiger partial charge in [0.15, 0.2) is 0 Å². The highest BCUT2D eigenvalue weighted by atomic mass is 32.2. The Morgan fingerprint density at radius 1 is 1.18 bits per heavy atom. The normalized spacial score (nSPS) is 24.8. The first kappa shape index (κ1) is 13.3. The lowest BCUT2D eigenvalue weighted by Gasteiger charge is -2.23. The summed E-state index contributed by atoms with van der Waals surface area (Å²) in [6.45, 7) is 1.26. The molecule has 0 spiro atoms. The van der Waals surface area contributed by atoms with Gasteiger partial charge in [-0.05, 0) is 44.1 Å². The van der Waals surface area contributed by atoms with Gasteiger partial charge >= 0.3 is 0 Å². The summed E-state index contributed by atoms with van der Waals surface area (Å²) >= 11 is 0. The van der Waals surface area contributed by atoms with Crippen molar-refractivity contribution in [1.82, 2.24) is 4.72 Å². The van der Waals surface area contributed by atoms with Gasteiger partial charge in [-0.1, -0.05) is 19.3 Å². The SMILES string of the molecule is NCCC1(CNS(=O)(=O)C2CCCCC2)CC1. The van der Waals surface area contributed by atoms with E-state index in [0.29, 0.717) is 13.1 Å². The standard InChI is InChI=1S/C12H24N2O2S/c13-9-8-12(6-7-12)10-14-17(15,16)11-4-2-1-3-5-11/h11,14H,1-10,13H2. The predicted octanol–water partition coefficient (Wildman–Crippen LogP) is 1.37. The molecule has 0 atom stereocenters. The van der Waals surface area contributed by atoms with Crippen LogP contribution in [0.5, 0.6) is 0 Å². The fourth-order valence-electron chi connectivity index (χ4n) is 2.75. The maximum atomic E-state index is 12.1. The first-order valence-corrected chi connectivity index (χ1v) is 8.31. The molecule has 0 saturated heterocycles. The summed E-state index contributed by atoms with van der Waals surface area (Å²) in [7, 11) is -3.09. The number of nitrogens with one attached hydrogen (secondary N) is 1. The van der Waals surface area contributed by atoms with E-state index in [1.807, 2.05) is 0 Å². The van der Waals surface area contributed by atoms with Crippen LogP contribution >= 0.6 is 0 Å². The lowest BCUT2D eigenvalue weighted by molar-refractivity contribution is 0.445. The van der Waals surface area contributed by atoms with E-state index >= 15 is 0 Å². The Hall–Kier alpha value is -0.130. The minimum atomic E-state index is -3.09. The largest absolute Gasteiger partial charge is 0.330 e. The molecular formula is C12H24N2O2S. The maximum absolute atomic E-state index is 12.1. The average Bonchev–Trinajstić information content (AvgIpc) is 3.09. The molecule has 0 amide bonds. The predicted molar refractivity (Wildman–Crippen MR) is 69.1 cm³/mol. The van der Waals surface area contributed by atoms with Gasteiger partial charge in [-0.25, -0.2) is 13.1 Å². The second-order valence-electron chi connectivity index (χ2n) is 5.66. The van der Waals surface area contributed by atoms with E-state index in [0.717, 1.165) is 44.9 Å². The summed E-state index contributed by atoms with van der Waals surface area (Å²) in [6.07, 6.45) is 8.15. The number of sulfonamides is 1. The monoisotopic (exact) mass is 260 g/mol. The Balaban J connectivity index is 1.84. The van der Waals surface area contributed by atoms with Crippen molar-refractivity contribution in [2.45, 2.75) is 56.6 Å².